The SMILES string of the molecule is COc1ccc(CN2CCN(Cc3c(C(=O)N=C(N)N)cccc3[N+](=O)[O-])CC2)c(OC)c1OC.Cl. The molecule has 0 bridgehead atoms. The molecule has 4 N–H and O–H groups in total. The number of carbonyl (C=O) groups excluding carboxylic acids is 1. The standard InChI is InChI=1S/C23H30N6O6.ClH/c1-33-19-8-7-15(20(34-2)21(19)35-3)13-27-9-11-28(12-10-27)14-17-16(22(30)26-23(24)25)5-4-6-18(17)29(31)32;/h4-8H,9-14H2,1-3H3,(H4,24,25,26,30);1H. The Labute approximate surface area is 215 Å². The van der Waals surface area contributed by atoms with E-state index in [1.807, 2.05) is 12.1 Å². The van der Waals surface area contributed by atoms with Gasteiger partial charge in [-0.3, -0.25) is 24.7 Å². The predicted octanol–water partition coefficient (Wildman–Crippen LogP) is 1.77. The van der Waals surface area contributed by atoms with Gasteiger partial charge in [0.25, 0.3) is 11.6 Å². The van der Waals surface area contributed by atoms with Gasteiger partial charge in [-0.25, -0.2) is 0 Å². The van der Waals surface area contributed by atoms with Crippen LogP contribution >= 0.6 is 12.4 Å². The van der Waals surface area contributed by atoms with Gasteiger partial charge in [-0.15, -0.1) is 12.4 Å². The lowest BCUT2D eigenvalue weighted by Crippen LogP contribution is -2.45. The maximum Gasteiger partial charge on any atom is 0.280 e. The number of aliphatic imine (C=N–C) groups is 1. The summed E-state index contributed by atoms with van der Waals surface area (Å²) in [6.45, 7) is 3.60. The molecule has 12 nitrogen and oxygen atoms in total. The summed E-state index contributed by atoms with van der Waals surface area (Å²) in [6.07, 6.45) is 0. The number of hydrogen-bond donors (Lipinski definition) is 2. The Morgan fingerprint density at radius 2 is 1.58 bits per heavy atom. The van der Waals surface area contributed by atoms with E-state index in [1.54, 1.807) is 21.3 Å². The van der Waals surface area contributed by atoms with Crippen molar-refractivity contribution in [1.82, 2.24) is 9.80 Å². The van der Waals surface area contributed by atoms with Crippen molar-refractivity contribution in [2.45, 2.75) is 13.1 Å². The normalized spacial score (nSPS) is 13.9. The number of nitrogens with two attached hydrogens (primary N) is 2. The molecule has 13 heteroatoms. The van der Waals surface area contributed by atoms with Crippen molar-refractivity contribution in [3.63, 3.8) is 0 Å². The number of nitro benzene ring substituents is 1. The number of halogens is 1. The summed E-state index contributed by atoms with van der Waals surface area (Å²) in [5, 5.41) is 11.6. The number of carbonyl (C=O) groups is 1. The van der Waals surface area contributed by atoms with Crippen LogP contribution in [0.3, 0.4) is 0 Å². The maximum absolute atomic E-state index is 12.5. The molecule has 0 aliphatic carbocycles. The molecular formula is C23H31ClN6O6. The van der Waals surface area contributed by atoms with Crippen LogP contribution in [0.25, 0.3) is 0 Å². The molecule has 0 saturated carbocycles. The first-order valence-electron chi connectivity index (χ1n) is 10.9. The summed E-state index contributed by atoms with van der Waals surface area (Å²) in [7, 11) is 4.73. The Kier molecular flexibility index (Phi) is 10.3. The van der Waals surface area contributed by atoms with E-state index in [-0.39, 0.29) is 30.2 Å². The predicted molar refractivity (Wildman–Crippen MR) is 137 cm³/mol. The quantitative estimate of drug-likeness (QED) is 0.215. The van der Waals surface area contributed by atoms with E-state index in [4.69, 9.17) is 25.7 Å². The van der Waals surface area contributed by atoms with Crippen molar-refractivity contribution in [3.8, 4) is 17.2 Å². The summed E-state index contributed by atoms with van der Waals surface area (Å²) in [6, 6.07) is 8.11. The van der Waals surface area contributed by atoms with Crippen LogP contribution in [0.5, 0.6) is 17.2 Å². The molecular weight excluding hydrogens is 492 g/mol. The molecule has 0 spiro atoms. The molecule has 1 aliphatic rings. The highest BCUT2D eigenvalue weighted by Gasteiger charge is 2.26. The van der Waals surface area contributed by atoms with Crippen molar-refractivity contribution in [1.29, 1.82) is 0 Å². The molecule has 0 radical (unpaired) electrons. The van der Waals surface area contributed by atoms with Gasteiger partial charge in [0, 0.05) is 50.9 Å². The maximum atomic E-state index is 12.5. The first kappa shape index (κ1) is 28.6. The minimum atomic E-state index is -0.706. The van der Waals surface area contributed by atoms with Gasteiger partial charge in [0.1, 0.15) is 0 Å². The van der Waals surface area contributed by atoms with Gasteiger partial charge in [-0.2, -0.15) is 4.99 Å². The molecule has 36 heavy (non-hydrogen) atoms. The van der Waals surface area contributed by atoms with Crippen LogP contribution in [0, 0.1) is 10.1 Å². The number of amides is 1. The minimum Gasteiger partial charge on any atom is -0.493 e. The van der Waals surface area contributed by atoms with E-state index in [2.05, 4.69) is 14.8 Å². The fraction of sp³-hybridized carbons (Fsp3) is 0.391. The Bertz CT molecular complexity index is 1120. The molecule has 0 atom stereocenters. The molecule has 0 aromatic heterocycles. The zero-order valence-corrected chi connectivity index (χ0v) is 21.2. The molecule has 1 fully saturated rings. The van der Waals surface area contributed by atoms with E-state index in [0.717, 1.165) is 18.7 Å². The summed E-state index contributed by atoms with van der Waals surface area (Å²) in [5.41, 5.74) is 11.9. The van der Waals surface area contributed by atoms with Gasteiger partial charge >= 0.3 is 0 Å². The lowest BCUT2D eigenvalue weighted by Gasteiger charge is -2.35. The van der Waals surface area contributed by atoms with Crippen LogP contribution in [0.4, 0.5) is 5.69 Å². The lowest BCUT2D eigenvalue weighted by molar-refractivity contribution is -0.385. The first-order chi connectivity index (χ1) is 16.8. The summed E-state index contributed by atoms with van der Waals surface area (Å²) < 4.78 is 16.4. The Morgan fingerprint density at radius 3 is 2.11 bits per heavy atom. The van der Waals surface area contributed by atoms with Crippen LogP contribution < -0.4 is 25.7 Å². The third-order valence-corrected chi connectivity index (χ3v) is 5.84. The van der Waals surface area contributed by atoms with Crippen molar-refractivity contribution in [2.24, 2.45) is 16.5 Å². The summed E-state index contributed by atoms with van der Waals surface area (Å²) >= 11 is 0. The zero-order valence-electron chi connectivity index (χ0n) is 20.4. The highest BCUT2D eigenvalue weighted by molar-refractivity contribution is 6.03. The zero-order chi connectivity index (χ0) is 25.5. The van der Waals surface area contributed by atoms with E-state index in [0.29, 0.717) is 42.4 Å². The molecule has 2 aromatic rings. The number of rotatable bonds is 9. The topological polar surface area (TPSA) is 159 Å². The lowest BCUT2D eigenvalue weighted by atomic mass is 10.0. The average molecular weight is 523 g/mol. The van der Waals surface area contributed by atoms with Crippen molar-refractivity contribution < 1.29 is 23.9 Å². The number of nitrogens with zero attached hydrogens (tertiary/aromatic N) is 4. The number of nitro groups is 1. The van der Waals surface area contributed by atoms with Gasteiger partial charge < -0.3 is 25.7 Å². The van der Waals surface area contributed by atoms with Gasteiger partial charge in [0.05, 0.1) is 37.4 Å². The molecule has 0 unspecified atom stereocenters. The number of methoxy groups -OCH3 is 3. The molecule has 196 valence electrons. The Morgan fingerprint density at radius 1 is 0.972 bits per heavy atom. The summed E-state index contributed by atoms with van der Waals surface area (Å²) in [5.74, 6) is 0.653. The van der Waals surface area contributed by atoms with Crippen molar-refractivity contribution in [2.75, 3.05) is 47.5 Å². The highest BCUT2D eigenvalue weighted by Crippen LogP contribution is 2.40. The van der Waals surface area contributed by atoms with Crippen molar-refractivity contribution >= 4 is 30.0 Å². The molecule has 2 aromatic carbocycles. The number of benzene rings is 2. The fourth-order valence-corrected chi connectivity index (χ4v) is 4.15. The second-order valence-corrected chi connectivity index (χ2v) is 7.95. The van der Waals surface area contributed by atoms with E-state index in [9.17, 15) is 14.9 Å². The monoisotopic (exact) mass is 522 g/mol. The first-order valence-corrected chi connectivity index (χ1v) is 10.9. The van der Waals surface area contributed by atoms with E-state index >= 15 is 0 Å². The molecule has 1 saturated heterocycles. The van der Waals surface area contributed by atoms with Crippen LogP contribution in [-0.2, 0) is 13.1 Å². The van der Waals surface area contributed by atoms with Crippen LogP contribution in [0.2, 0.25) is 0 Å². The van der Waals surface area contributed by atoms with Crippen LogP contribution in [0.15, 0.2) is 35.3 Å². The molecule has 1 amide bonds. The van der Waals surface area contributed by atoms with Crippen LogP contribution in [0.1, 0.15) is 21.5 Å². The third kappa shape index (κ3) is 6.53. The van der Waals surface area contributed by atoms with E-state index in [1.165, 1.54) is 18.2 Å². The van der Waals surface area contributed by atoms with Gasteiger partial charge in [0.15, 0.2) is 17.5 Å². The second-order valence-electron chi connectivity index (χ2n) is 7.95. The third-order valence-electron chi connectivity index (χ3n) is 5.84. The van der Waals surface area contributed by atoms with Gasteiger partial charge in [-0.1, -0.05) is 12.1 Å². The number of hydrogen-bond acceptors (Lipinski definition) is 8. The Balaban J connectivity index is 0.00000456. The van der Waals surface area contributed by atoms with E-state index < -0.39 is 16.8 Å². The smallest absolute Gasteiger partial charge is 0.280 e. The molecule has 1 heterocycles. The number of ether oxygens (including phenoxy) is 3. The minimum absolute atomic E-state index is 0. The average Bonchev–Trinajstić information content (AvgIpc) is 2.84. The number of piperazine rings is 1. The fourth-order valence-electron chi connectivity index (χ4n) is 4.15. The molecule has 1 aliphatic heterocycles. The van der Waals surface area contributed by atoms with Crippen molar-refractivity contribution in [3.05, 3.63) is 57.1 Å². The number of guanidine groups is 1. The highest BCUT2D eigenvalue weighted by atomic mass is 35.5. The summed E-state index contributed by atoms with van der Waals surface area (Å²) in [4.78, 5) is 31.5. The molecule has 3 rings (SSSR count). The van der Waals surface area contributed by atoms with Gasteiger partial charge in [-0.05, 0) is 12.1 Å². The van der Waals surface area contributed by atoms with Gasteiger partial charge in [0.2, 0.25) is 5.75 Å². The second kappa shape index (κ2) is 12.9. The Hall–Kier alpha value is -3.61. The largest absolute Gasteiger partial charge is 0.493 e. The van der Waals surface area contributed by atoms with Crippen LogP contribution in [-0.4, -0.2) is 74.1 Å².